The third-order valence-electron chi connectivity index (χ3n) is 4.12. The first-order chi connectivity index (χ1) is 12.8. The van der Waals surface area contributed by atoms with Crippen molar-refractivity contribution in [2.24, 2.45) is 12.0 Å². The first-order valence-corrected chi connectivity index (χ1v) is 8.79. The third-order valence-corrected chi connectivity index (χ3v) is 4.12. The average Bonchev–Trinajstić information content (AvgIpc) is 3.30. The lowest BCUT2D eigenvalue weighted by molar-refractivity contribution is 0.678. The minimum atomic E-state index is 0. The number of guanidine groups is 1. The second kappa shape index (κ2) is 10.7. The molecule has 0 amide bonds. The van der Waals surface area contributed by atoms with Crippen molar-refractivity contribution < 1.29 is 0 Å². The van der Waals surface area contributed by atoms with E-state index < -0.39 is 0 Å². The molecule has 2 N–H and O–H groups in total. The first-order valence-electron chi connectivity index (χ1n) is 8.79. The van der Waals surface area contributed by atoms with Crippen LogP contribution < -0.4 is 10.6 Å². The molecule has 3 rings (SSSR count). The zero-order valence-electron chi connectivity index (χ0n) is 15.7. The van der Waals surface area contributed by atoms with Crippen molar-refractivity contribution in [2.75, 3.05) is 6.54 Å². The first kappa shape index (κ1) is 20.9. The van der Waals surface area contributed by atoms with Crippen LogP contribution in [0.1, 0.15) is 23.7 Å². The van der Waals surface area contributed by atoms with Gasteiger partial charge < -0.3 is 10.6 Å². The van der Waals surface area contributed by atoms with Gasteiger partial charge in [0.15, 0.2) is 5.96 Å². The minimum absolute atomic E-state index is 0. The van der Waals surface area contributed by atoms with Crippen LogP contribution in [-0.4, -0.2) is 32.1 Å². The number of hydrogen-bond acceptors (Lipinski definition) is 3. The van der Waals surface area contributed by atoms with Gasteiger partial charge in [0, 0.05) is 32.2 Å². The van der Waals surface area contributed by atoms with Crippen molar-refractivity contribution in [3.8, 4) is 0 Å². The zero-order chi connectivity index (χ0) is 18.2. The summed E-state index contributed by atoms with van der Waals surface area (Å²) < 4.78 is 3.78. The van der Waals surface area contributed by atoms with Gasteiger partial charge in [0.1, 0.15) is 0 Å². The Labute approximate surface area is 176 Å². The van der Waals surface area contributed by atoms with E-state index in [9.17, 15) is 0 Å². The largest absolute Gasteiger partial charge is 0.357 e. The van der Waals surface area contributed by atoms with E-state index in [-0.39, 0.29) is 24.0 Å². The third kappa shape index (κ3) is 6.09. The number of nitrogens with zero attached hydrogens (tertiary/aromatic N) is 5. The van der Waals surface area contributed by atoms with E-state index in [0.717, 1.165) is 24.7 Å². The van der Waals surface area contributed by atoms with Crippen LogP contribution in [0.5, 0.6) is 0 Å². The minimum Gasteiger partial charge on any atom is -0.357 e. The van der Waals surface area contributed by atoms with Gasteiger partial charge >= 0.3 is 0 Å². The SMILES string of the molecule is CCNC(=NCc1ccccc1Cn1cccn1)NCc1ccnn1C.I. The van der Waals surface area contributed by atoms with Crippen molar-refractivity contribution in [3.63, 3.8) is 0 Å². The normalized spacial score (nSPS) is 11.1. The molecule has 1 aromatic carbocycles. The Kier molecular flexibility index (Phi) is 8.31. The summed E-state index contributed by atoms with van der Waals surface area (Å²) in [5.41, 5.74) is 3.53. The van der Waals surface area contributed by atoms with Gasteiger partial charge in [-0.1, -0.05) is 24.3 Å². The Morgan fingerprint density at radius 2 is 1.85 bits per heavy atom. The number of aromatic nitrogens is 4. The summed E-state index contributed by atoms with van der Waals surface area (Å²) in [7, 11) is 1.94. The smallest absolute Gasteiger partial charge is 0.191 e. The maximum Gasteiger partial charge on any atom is 0.191 e. The van der Waals surface area contributed by atoms with E-state index in [4.69, 9.17) is 4.99 Å². The summed E-state index contributed by atoms with van der Waals surface area (Å²) in [5.74, 6) is 0.794. The van der Waals surface area contributed by atoms with E-state index >= 15 is 0 Å². The van der Waals surface area contributed by atoms with Crippen molar-refractivity contribution in [3.05, 3.63) is 71.8 Å². The zero-order valence-corrected chi connectivity index (χ0v) is 18.0. The summed E-state index contributed by atoms with van der Waals surface area (Å²) in [6, 6.07) is 12.3. The summed E-state index contributed by atoms with van der Waals surface area (Å²) in [5, 5.41) is 15.1. The summed E-state index contributed by atoms with van der Waals surface area (Å²) in [6.07, 6.45) is 5.57. The molecule has 7 nitrogen and oxygen atoms in total. The van der Waals surface area contributed by atoms with E-state index in [2.05, 4.69) is 46.0 Å². The molecule has 0 fully saturated rings. The number of rotatable bonds is 7. The Balaban J connectivity index is 0.00000261. The number of hydrogen-bond donors (Lipinski definition) is 2. The van der Waals surface area contributed by atoms with Gasteiger partial charge in [-0.15, -0.1) is 24.0 Å². The second-order valence-corrected chi connectivity index (χ2v) is 5.97. The fourth-order valence-corrected chi connectivity index (χ4v) is 2.69. The Morgan fingerprint density at radius 1 is 1.04 bits per heavy atom. The molecule has 0 saturated carbocycles. The van der Waals surface area contributed by atoms with Crippen LogP contribution in [0.2, 0.25) is 0 Å². The van der Waals surface area contributed by atoms with E-state index in [0.29, 0.717) is 13.1 Å². The van der Waals surface area contributed by atoms with Crippen molar-refractivity contribution >= 4 is 29.9 Å². The molecule has 2 aromatic heterocycles. The monoisotopic (exact) mass is 479 g/mol. The number of benzene rings is 1. The van der Waals surface area contributed by atoms with Crippen LogP contribution in [0.25, 0.3) is 0 Å². The molecule has 8 heteroatoms. The van der Waals surface area contributed by atoms with E-state index in [1.54, 1.807) is 12.4 Å². The van der Waals surface area contributed by atoms with Gasteiger partial charge in [-0.05, 0) is 30.2 Å². The highest BCUT2D eigenvalue weighted by molar-refractivity contribution is 14.0. The molecule has 0 aliphatic carbocycles. The molecular weight excluding hydrogens is 453 g/mol. The van der Waals surface area contributed by atoms with Crippen molar-refractivity contribution in [2.45, 2.75) is 26.6 Å². The highest BCUT2D eigenvalue weighted by atomic mass is 127. The van der Waals surface area contributed by atoms with Gasteiger partial charge in [0.05, 0.1) is 25.3 Å². The molecule has 0 aliphatic rings. The molecule has 0 bridgehead atoms. The summed E-state index contributed by atoms with van der Waals surface area (Å²) in [6.45, 7) is 4.91. The maximum absolute atomic E-state index is 4.74. The standard InChI is InChI=1S/C19H25N7.HI/c1-3-20-19(22-14-18-9-11-23-25(18)2)21-13-16-7-4-5-8-17(16)15-26-12-6-10-24-26;/h4-12H,3,13-15H2,1-2H3,(H2,20,21,22);1H. The molecule has 0 aliphatic heterocycles. The van der Waals surface area contributed by atoms with Crippen molar-refractivity contribution in [1.82, 2.24) is 30.2 Å². The fourth-order valence-electron chi connectivity index (χ4n) is 2.69. The lowest BCUT2D eigenvalue weighted by atomic mass is 10.1. The van der Waals surface area contributed by atoms with Crippen LogP contribution in [0.4, 0.5) is 0 Å². The van der Waals surface area contributed by atoms with Gasteiger partial charge in [0.25, 0.3) is 0 Å². The molecule has 27 heavy (non-hydrogen) atoms. The molecule has 0 spiro atoms. The predicted octanol–water partition coefficient (Wildman–Crippen LogP) is 2.54. The Morgan fingerprint density at radius 3 is 2.52 bits per heavy atom. The van der Waals surface area contributed by atoms with Gasteiger partial charge in [-0.3, -0.25) is 9.36 Å². The highest BCUT2D eigenvalue weighted by Gasteiger charge is 2.05. The van der Waals surface area contributed by atoms with E-state index in [1.807, 2.05) is 40.8 Å². The van der Waals surface area contributed by atoms with Crippen molar-refractivity contribution in [1.29, 1.82) is 0 Å². The Bertz CT molecular complexity index is 839. The molecule has 0 saturated heterocycles. The quantitative estimate of drug-likeness (QED) is 0.311. The maximum atomic E-state index is 4.74. The topological polar surface area (TPSA) is 72.1 Å². The van der Waals surface area contributed by atoms with Crippen LogP contribution in [0.15, 0.2) is 60.0 Å². The molecule has 3 aromatic rings. The number of aryl methyl sites for hydroxylation is 1. The molecule has 144 valence electrons. The molecular formula is C19H26IN7. The Hall–Kier alpha value is -2.36. The van der Waals surface area contributed by atoms with Gasteiger partial charge in [-0.2, -0.15) is 10.2 Å². The van der Waals surface area contributed by atoms with Crippen LogP contribution in [0.3, 0.4) is 0 Å². The van der Waals surface area contributed by atoms with Gasteiger partial charge in [0.2, 0.25) is 0 Å². The van der Waals surface area contributed by atoms with E-state index in [1.165, 1.54) is 11.1 Å². The van der Waals surface area contributed by atoms with Gasteiger partial charge in [-0.25, -0.2) is 4.99 Å². The molecule has 0 radical (unpaired) electrons. The highest BCUT2D eigenvalue weighted by Crippen LogP contribution is 2.11. The number of nitrogens with one attached hydrogen (secondary N) is 2. The summed E-state index contributed by atoms with van der Waals surface area (Å²) in [4.78, 5) is 4.74. The van der Waals surface area contributed by atoms with Crippen LogP contribution in [-0.2, 0) is 26.7 Å². The lowest BCUT2D eigenvalue weighted by Gasteiger charge is -2.13. The van der Waals surface area contributed by atoms with Crippen LogP contribution >= 0.6 is 24.0 Å². The summed E-state index contributed by atoms with van der Waals surface area (Å²) >= 11 is 0. The average molecular weight is 479 g/mol. The van der Waals surface area contributed by atoms with Crippen LogP contribution in [0, 0.1) is 0 Å². The molecule has 0 unspecified atom stereocenters. The fraction of sp³-hybridized carbons (Fsp3) is 0.316. The number of halogens is 1. The number of aliphatic imine (C=N–C) groups is 1. The molecule has 0 atom stereocenters. The second-order valence-electron chi connectivity index (χ2n) is 5.97. The molecule has 2 heterocycles. The lowest BCUT2D eigenvalue weighted by Crippen LogP contribution is -2.37. The predicted molar refractivity (Wildman–Crippen MR) is 118 cm³/mol.